The number of carbonyl (C=O) groups excluding carboxylic acids is 2. The standard InChI is InChI=1S/C17H22N6O3S/c1-11-5-3-7-14(12(11)2)18-16(25)19-15(24)10-27-17-20-21-22-23(17)9-13-6-4-8-26-13/h3,5,7,13H,4,6,8-10H2,1-2H3,(H2,18,19,24,25). The molecule has 0 spiro atoms. The number of hydrogen-bond donors (Lipinski definition) is 2. The van der Waals surface area contributed by atoms with Gasteiger partial charge in [-0.3, -0.25) is 10.1 Å². The Morgan fingerprint density at radius 2 is 2.22 bits per heavy atom. The van der Waals surface area contributed by atoms with Gasteiger partial charge in [-0.15, -0.1) is 5.10 Å². The molecule has 1 atom stereocenters. The maximum absolute atomic E-state index is 12.1. The van der Waals surface area contributed by atoms with Gasteiger partial charge in [0.2, 0.25) is 11.1 Å². The number of nitrogens with zero attached hydrogens (tertiary/aromatic N) is 4. The van der Waals surface area contributed by atoms with Crippen molar-refractivity contribution in [3.8, 4) is 0 Å². The summed E-state index contributed by atoms with van der Waals surface area (Å²) in [4.78, 5) is 24.1. The molecule has 0 aliphatic carbocycles. The van der Waals surface area contributed by atoms with Crippen molar-refractivity contribution < 1.29 is 14.3 Å². The lowest BCUT2D eigenvalue weighted by Crippen LogP contribution is -2.35. The SMILES string of the molecule is Cc1cccc(NC(=O)NC(=O)CSc2nnnn2CC2CCCO2)c1C. The van der Waals surface area contributed by atoms with E-state index >= 15 is 0 Å². The summed E-state index contributed by atoms with van der Waals surface area (Å²) < 4.78 is 7.21. The second-order valence-corrected chi connectivity index (χ2v) is 7.26. The number of hydrogen-bond acceptors (Lipinski definition) is 7. The number of amides is 3. The van der Waals surface area contributed by atoms with Crippen molar-refractivity contribution in [3.63, 3.8) is 0 Å². The number of imide groups is 1. The Hall–Kier alpha value is -2.46. The van der Waals surface area contributed by atoms with Gasteiger partial charge in [0.1, 0.15) is 0 Å². The smallest absolute Gasteiger partial charge is 0.325 e. The topological polar surface area (TPSA) is 111 Å². The van der Waals surface area contributed by atoms with E-state index in [2.05, 4.69) is 26.2 Å². The normalized spacial score (nSPS) is 16.3. The van der Waals surface area contributed by atoms with Gasteiger partial charge < -0.3 is 10.1 Å². The third-order valence-electron chi connectivity index (χ3n) is 4.34. The van der Waals surface area contributed by atoms with Crippen molar-refractivity contribution in [1.82, 2.24) is 25.5 Å². The van der Waals surface area contributed by atoms with E-state index in [9.17, 15) is 9.59 Å². The molecule has 1 fully saturated rings. The summed E-state index contributed by atoms with van der Waals surface area (Å²) in [5.74, 6) is -0.388. The fraction of sp³-hybridized carbons (Fsp3) is 0.471. The van der Waals surface area contributed by atoms with Crippen LogP contribution in [0.3, 0.4) is 0 Å². The largest absolute Gasteiger partial charge is 0.376 e. The van der Waals surface area contributed by atoms with Gasteiger partial charge in [-0.1, -0.05) is 23.9 Å². The summed E-state index contributed by atoms with van der Waals surface area (Å²) in [6.07, 6.45) is 2.11. The van der Waals surface area contributed by atoms with Gasteiger partial charge in [-0.25, -0.2) is 9.48 Å². The van der Waals surface area contributed by atoms with E-state index in [-0.39, 0.29) is 11.9 Å². The zero-order chi connectivity index (χ0) is 19.2. The van der Waals surface area contributed by atoms with Crippen LogP contribution in [0.25, 0.3) is 0 Å². The maximum Gasteiger partial charge on any atom is 0.325 e. The van der Waals surface area contributed by atoms with Gasteiger partial charge in [0.05, 0.1) is 18.4 Å². The van der Waals surface area contributed by atoms with E-state index in [0.29, 0.717) is 17.4 Å². The Morgan fingerprint density at radius 3 is 3.00 bits per heavy atom. The highest BCUT2D eigenvalue weighted by molar-refractivity contribution is 7.99. The zero-order valence-corrected chi connectivity index (χ0v) is 16.1. The van der Waals surface area contributed by atoms with Gasteiger partial charge in [0.25, 0.3) is 0 Å². The summed E-state index contributed by atoms with van der Waals surface area (Å²) in [6.45, 7) is 5.19. The number of anilines is 1. The molecule has 1 aromatic heterocycles. The van der Waals surface area contributed by atoms with Crippen LogP contribution >= 0.6 is 11.8 Å². The lowest BCUT2D eigenvalue weighted by molar-refractivity contribution is -0.117. The molecule has 0 bridgehead atoms. The van der Waals surface area contributed by atoms with Crippen molar-refractivity contribution in [2.24, 2.45) is 0 Å². The minimum Gasteiger partial charge on any atom is -0.376 e. The number of urea groups is 1. The van der Waals surface area contributed by atoms with E-state index in [1.54, 1.807) is 10.7 Å². The number of aryl methyl sites for hydroxylation is 1. The number of ether oxygens (including phenoxy) is 1. The highest BCUT2D eigenvalue weighted by atomic mass is 32.2. The Kier molecular flexibility index (Phi) is 6.40. The molecule has 144 valence electrons. The Morgan fingerprint density at radius 1 is 1.37 bits per heavy atom. The van der Waals surface area contributed by atoms with Crippen LogP contribution in [0, 0.1) is 13.8 Å². The number of tetrazole rings is 1. The summed E-state index contributed by atoms with van der Waals surface area (Å²) in [5, 5.41) is 17.0. The van der Waals surface area contributed by atoms with Crippen molar-refractivity contribution >= 4 is 29.4 Å². The third-order valence-corrected chi connectivity index (χ3v) is 5.29. The van der Waals surface area contributed by atoms with Crippen LogP contribution in [0.5, 0.6) is 0 Å². The molecule has 0 saturated carbocycles. The molecule has 1 saturated heterocycles. The zero-order valence-electron chi connectivity index (χ0n) is 15.3. The molecular weight excluding hydrogens is 368 g/mol. The van der Waals surface area contributed by atoms with E-state index in [1.165, 1.54) is 11.8 Å². The molecule has 2 heterocycles. The number of carbonyl (C=O) groups is 2. The minimum absolute atomic E-state index is 0.0338. The Bertz CT molecular complexity index is 819. The van der Waals surface area contributed by atoms with Crippen LogP contribution in [0.2, 0.25) is 0 Å². The molecule has 1 aliphatic heterocycles. The average Bonchev–Trinajstić information content (AvgIpc) is 3.29. The Balaban J connectivity index is 1.47. The summed E-state index contributed by atoms with van der Waals surface area (Å²) in [5.41, 5.74) is 2.70. The number of benzene rings is 1. The first-order valence-corrected chi connectivity index (χ1v) is 9.69. The first kappa shape index (κ1) is 19.3. The van der Waals surface area contributed by atoms with Gasteiger partial charge in [0, 0.05) is 12.3 Å². The summed E-state index contributed by atoms with van der Waals surface area (Å²) >= 11 is 1.18. The first-order valence-electron chi connectivity index (χ1n) is 8.70. The van der Waals surface area contributed by atoms with E-state index < -0.39 is 11.9 Å². The van der Waals surface area contributed by atoms with Crippen LogP contribution in [0.15, 0.2) is 23.4 Å². The number of nitrogens with one attached hydrogen (secondary N) is 2. The molecule has 1 unspecified atom stereocenters. The van der Waals surface area contributed by atoms with Crippen LogP contribution in [0.1, 0.15) is 24.0 Å². The molecule has 3 amide bonds. The lowest BCUT2D eigenvalue weighted by atomic mass is 10.1. The molecule has 2 aromatic rings. The minimum atomic E-state index is -0.562. The van der Waals surface area contributed by atoms with E-state index in [4.69, 9.17) is 4.74 Å². The molecule has 27 heavy (non-hydrogen) atoms. The molecule has 0 radical (unpaired) electrons. The highest BCUT2D eigenvalue weighted by Gasteiger charge is 2.19. The predicted octanol–water partition coefficient (Wildman–Crippen LogP) is 1.91. The molecular formula is C17H22N6O3S. The van der Waals surface area contributed by atoms with Gasteiger partial charge in [-0.05, 0) is 54.3 Å². The van der Waals surface area contributed by atoms with E-state index in [1.807, 2.05) is 26.0 Å². The van der Waals surface area contributed by atoms with Crippen LogP contribution in [-0.2, 0) is 16.1 Å². The quantitative estimate of drug-likeness (QED) is 0.725. The average molecular weight is 390 g/mol. The fourth-order valence-corrected chi connectivity index (χ4v) is 3.42. The Labute approximate surface area is 161 Å². The van der Waals surface area contributed by atoms with Crippen molar-refractivity contribution in [1.29, 1.82) is 0 Å². The third kappa shape index (κ3) is 5.27. The van der Waals surface area contributed by atoms with Crippen molar-refractivity contribution in [2.75, 3.05) is 17.7 Å². The van der Waals surface area contributed by atoms with Gasteiger partial charge >= 0.3 is 6.03 Å². The lowest BCUT2D eigenvalue weighted by Gasteiger charge is -2.11. The van der Waals surface area contributed by atoms with Gasteiger partial charge in [0.15, 0.2) is 0 Å². The maximum atomic E-state index is 12.1. The molecule has 1 aliphatic rings. The van der Waals surface area contributed by atoms with Crippen molar-refractivity contribution in [2.45, 2.75) is 44.5 Å². The predicted molar refractivity (Wildman–Crippen MR) is 101 cm³/mol. The summed E-state index contributed by atoms with van der Waals surface area (Å²) in [7, 11) is 0. The monoisotopic (exact) mass is 390 g/mol. The molecule has 9 nitrogen and oxygen atoms in total. The van der Waals surface area contributed by atoms with Crippen LogP contribution in [0.4, 0.5) is 10.5 Å². The number of thioether (sulfide) groups is 1. The first-order chi connectivity index (χ1) is 13.0. The molecule has 1 aromatic carbocycles. The molecule has 2 N–H and O–H groups in total. The second-order valence-electron chi connectivity index (χ2n) is 6.32. The van der Waals surface area contributed by atoms with Crippen LogP contribution < -0.4 is 10.6 Å². The van der Waals surface area contributed by atoms with Gasteiger partial charge in [-0.2, -0.15) is 0 Å². The second kappa shape index (κ2) is 8.96. The van der Waals surface area contributed by atoms with Crippen LogP contribution in [-0.4, -0.2) is 50.6 Å². The fourth-order valence-electron chi connectivity index (χ4n) is 2.73. The summed E-state index contributed by atoms with van der Waals surface area (Å²) in [6, 6.07) is 5.04. The molecule has 10 heteroatoms. The number of aromatic nitrogens is 4. The highest BCUT2D eigenvalue weighted by Crippen LogP contribution is 2.19. The van der Waals surface area contributed by atoms with Crippen molar-refractivity contribution in [3.05, 3.63) is 29.3 Å². The van der Waals surface area contributed by atoms with E-state index in [0.717, 1.165) is 30.6 Å². The molecule has 3 rings (SSSR count). The number of rotatable bonds is 6.